The van der Waals surface area contributed by atoms with Crippen molar-refractivity contribution in [2.75, 3.05) is 50.9 Å². The fraction of sp³-hybridized carbons (Fsp3) is 0.846. The molecule has 120 valence electrons. The molecule has 0 aromatic carbocycles. The first-order valence-corrected chi connectivity index (χ1v) is 8.49. The SMILES string of the molecule is NC(=NO)C1(C(=O)NCCN2CCSCC2)CCOCC1. The molecule has 0 aliphatic carbocycles. The highest BCUT2D eigenvalue weighted by molar-refractivity contribution is 7.99. The van der Waals surface area contributed by atoms with E-state index in [1.165, 1.54) is 0 Å². The molecule has 2 saturated heterocycles. The number of rotatable bonds is 5. The number of hydrogen-bond donors (Lipinski definition) is 3. The number of nitrogens with one attached hydrogen (secondary N) is 1. The molecule has 0 saturated carbocycles. The number of carbonyl (C=O) groups is 1. The fourth-order valence-electron chi connectivity index (χ4n) is 2.74. The van der Waals surface area contributed by atoms with Gasteiger partial charge in [0, 0.05) is 50.9 Å². The predicted octanol–water partition coefficient (Wildman–Crippen LogP) is -0.305. The molecule has 2 aliphatic rings. The van der Waals surface area contributed by atoms with Gasteiger partial charge >= 0.3 is 0 Å². The van der Waals surface area contributed by atoms with Crippen LogP contribution in [0.3, 0.4) is 0 Å². The van der Waals surface area contributed by atoms with E-state index in [4.69, 9.17) is 15.7 Å². The average Bonchev–Trinajstić information content (AvgIpc) is 2.55. The number of amides is 1. The van der Waals surface area contributed by atoms with Gasteiger partial charge in [-0.2, -0.15) is 11.8 Å². The van der Waals surface area contributed by atoms with Crippen molar-refractivity contribution in [2.24, 2.45) is 16.3 Å². The summed E-state index contributed by atoms with van der Waals surface area (Å²) in [6, 6.07) is 0. The Morgan fingerprint density at radius 1 is 1.38 bits per heavy atom. The zero-order valence-corrected chi connectivity index (χ0v) is 13.0. The van der Waals surface area contributed by atoms with E-state index in [-0.39, 0.29) is 11.7 Å². The molecule has 0 atom stereocenters. The molecule has 2 rings (SSSR count). The zero-order valence-electron chi connectivity index (χ0n) is 12.2. The number of nitrogens with zero attached hydrogens (tertiary/aromatic N) is 2. The molecule has 0 aromatic rings. The number of carbonyl (C=O) groups excluding carboxylic acids is 1. The summed E-state index contributed by atoms with van der Waals surface area (Å²) in [5.74, 6) is 2.13. The Balaban J connectivity index is 1.86. The topological polar surface area (TPSA) is 100 Å². The number of amidine groups is 1. The Kier molecular flexibility index (Phi) is 6.13. The molecule has 1 amide bonds. The van der Waals surface area contributed by atoms with Gasteiger partial charge in [-0.15, -0.1) is 0 Å². The monoisotopic (exact) mass is 316 g/mol. The standard InChI is InChI=1S/C13H24N4O3S/c14-11(16-19)13(1-7-20-8-2-13)12(18)15-3-4-17-5-9-21-10-6-17/h19H,1-10H2,(H2,14,16)(H,15,18). The average molecular weight is 316 g/mol. The Bertz CT molecular complexity index is 380. The molecule has 0 spiro atoms. The van der Waals surface area contributed by atoms with Gasteiger partial charge in [-0.25, -0.2) is 0 Å². The number of nitrogens with two attached hydrogens (primary N) is 1. The molecule has 2 aliphatic heterocycles. The van der Waals surface area contributed by atoms with Gasteiger partial charge in [-0.1, -0.05) is 5.16 Å². The van der Waals surface area contributed by atoms with Gasteiger partial charge < -0.3 is 21.0 Å². The predicted molar refractivity (Wildman–Crippen MR) is 82.7 cm³/mol. The molecular weight excluding hydrogens is 292 g/mol. The van der Waals surface area contributed by atoms with Crippen molar-refractivity contribution in [3.8, 4) is 0 Å². The van der Waals surface area contributed by atoms with Crippen LogP contribution in [0.1, 0.15) is 12.8 Å². The van der Waals surface area contributed by atoms with Gasteiger partial charge in [0.1, 0.15) is 5.41 Å². The van der Waals surface area contributed by atoms with Crippen molar-refractivity contribution in [3.63, 3.8) is 0 Å². The lowest BCUT2D eigenvalue weighted by Gasteiger charge is -2.34. The summed E-state index contributed by atoms with van der Waals surface area (Å²) in [5, 5.41) is 15.0. The molecule has 0 bridgehead atoms. The molecule has 2 fully saturated rings. The molecule has 21 heavy (non-hydrogen) atoms. The van der Waals surface area contributed by atoms with Gasteiger partial charge in [-0.3, -0.25) is 9.69 Å². The number of hydrogen-bond acceptors (Lipinski definition) is 6. The minimum Gasteiger partial charge on any atom is -0.409 e. The summed E-state index contributed by atoms with van der Waals surface area (Å²) in [6.07, 6.45) is 0.907. The van der Waals surface area contributed by atoms with Crippen LogP contribution in [0.25, 0.3) is 0 Å². The lowest BCUT2D eigenvalue weighted by Crippen LogP contribution is -2.53. The van der Waals surface area contributed by atoms with Crippen LogP contribution in [0.5, 0.6) is 0 Å². The Morgan fingerprint density at radius 3 is 2.67 bits per heavy atom. The van der Waals surface area contributed by atoms with E-state index in [1.54, 1.807) is 0 Å². The summed E-state index contributed by atoms with van der Waals surface area (Å²) in [4.78, 5) is 14.8. The Hall–Kier alpha value is -0.990. The maximum absolute atomic E-state index is 12.5. The summed E-state index contributed by atoms with van der Waals surface area (Å²) in [7, 11) is 0. The summed E-state index contributed by atoms with van der Waals surface area (Å²) >= 11 is 1.96. The van der Waals surface area contributed by atoms with Crippen LogP contribution in [-0.4, -0.2) is 72.7 Å². The lowest BCUT2D eigenvalue weighted by atomic mass is 9.78. The van der Waals surface area contributed by atoms with Crippen molar-refractivity contribution in [2.45, 2.75) is 12.8 Å². The van der Waals surface area contributed by atoms with Crippen molar-refractivity contribution in [3.05, 3.63) is 0 Å². The van der Waals surface area contributed by atoms with Crippen LogP contribution < -0.4 is 11.1 Å². The van der Waals surface area contributed by atoms with Gasteiger partial charge in [0.2, 0.25) is 5.91 Å². The number of thioether (sulfide) groups is 1. The van der Waals surface area contributed by atoms with E-state index in [0.717, 1.165) is 31.1 Å². The molecule has 0 unspecified atom stereocenters. The van der Waals surface area contributed by atoms with Crippen molar-refractivity contribution < 1.29 is 14.7 Å². The molecular formula is C13H24N4O3S. The number of oxime groups is 1. The zero-order chi connectivity index (χ0) is 15.1. The molecule has 0 radical (unpaired) electrons. The van der Waals surface area contributed by atoms with Crippen LogP contribution in [-0.2, 0) is 9.53 Å². The van der Waals surface area contributed by atoms with Crippen LogP contribution in [0.2, 0.25) is 0 Å². The quantitative estimate of drug-likeness (QED) is 0.278. The van der Waals surface area contributed by atoms with E-state index in [1.807, 2.05) is 11.8 Å². The maximum Gasteiger partial charge on any atom is 0.234 e. The second-order valence-corrected chi connectivity index (χ2v) is 6.61. The van der Waals surface area contributed by atoms with E-state index < -0.39 is 5.41 Å². The van der Waals surface area contributed by atoms with Crippen LogP contribution in [0.15, 0.2) is 5.16 Å². The normalized spacial score (nSPS) is 23.7. The van der Waals surface area contributed by atoms with E-state index in [2.05, 4.69) is 15.4 Å². The van der Waals surface area contributed by atoms with Gasteiger partial charge in [0.05, 0.1) is 0 Å². The molecule has 4 N–H and O–H groups in total. The van der Waals surface area contributed by atoms with Gasteiger partial charge in [-0.05, 0) is 12.8 Å². The van der Waals surface area contributed by atoms with Gasteiger partial charge in [0.15, 0.2) is 5.84 Å². The smallest absolute Gasteiger partial charge is 0.234 e. The largest absolute Gasteiger partial charge is 0.409 e. The lowest BCUT2D eigenvalue weighted by molar-refractivity contribution is -0.131. The second-order valence-electron chi connectivity index (χ2n) is 5.39. The highest BCUT2D eigenvalue weighted by Gasteiger charge is 2.44. The molecule has 8 heteroatoms. The van der Waals surface area contributed by atoms with Crippen molar-refractivity contribution in [1.29, 1.82) is 0 Å². The van der Waals surface area contributed by atoms with Crippen LogP contribution in [0, 0.1) is 5.41 Å². The molecule has 0 aromatic heterocycles. The fourth-order valence-corrected chi connectivity index (χ4v) is 3.72. The Labute approximate surface area is 129 Å². The summed E-state index contributed by atoms with van der Waals surface area (Å²) in [6.45, 7) is 4.47. The highest BCUT2D eigenvalue weighted by Crippen LogP contribution is 2.31. The van der Waals surface area contributed by atoms with E-state index >= 15 is 0 Å². The van der Waals surface area contributed by atoms with E-state index in [0.29, 0.717) is 32.6 Å². The van der Waals surface area contributed by atoms with Crippen molar-refractivity contribution >= 4 is 23.5 Å². The molecule has 7 nitrogen and oxygen atoms in total. The molecule has 2 heterocycles. The summed E-state index contributed by atoms with van der Waals surface area (Å²) < 4.78 is 5.29. The second kappa shape index (κ2) is 7.86. The Morgan fingerprint density at radius 2 is 2.05 bits per heavy atom. The summed E-state index contributed by atoms with van der Waals surface area (Å²) in [5.41, 5.74) is 4.84. The van der Waals surface area contributed by atoms with Crippen LogP contribution >= 0.6 is 11.8 Å². The minimum absolute atomic E-state index is 0.0160. The van der Waals surface area contributed by atoms with Crippen molar-refractivity contribution in [1.82, 2.24) is 10.2 Å². The third kappa shape index (κ3) is 4.02. The first-order chi connectivity index (χ1) is 10.2. The van der Waals surface area contributed by atoms with Crippen LogP contribution in [0.4, 0.5) is 0 Å². The third-order valence-corrected chi connectivity index (χ3v) is 5.14. The maximum atomic E-state index is 12.5. The van der Waals surface area contributed by atoms with Gasteiger partial charge in [0.25, 0.3) is 0 Å². The third-order valence-electron chi connectivity index (χ3n) is 4.20. The minimum atomic E-state index is -0.926. The van der Waals surface area contributed by atoms with E-state index in [9.17, 15) is 4.79 Å². The first-order valence-electron chi connectivity index (χ1n) is 7.33. The first kappa shape index (κ1) is 16.4. The highest BCUT2D eigenvalue weighted by atomic mass is 32.2. The number of ether oxygens (including phenoxy) is 1.